The van der Waals surface area contributed by atoms with Crippen LogP contribution in [0.15, 0.2) is 30.4 Å². The van der Waals surface area contributed by atoms with Crippen molar-refractivity contribution in [1.82, 2.24) is 0 Å². The first kappa shape index (κ1) is 8.05. The lowest BCUT2D eigenvalue weighted by molar-refractivity contribution is 0.104. The lowest BCUT2D eigenvalue weighted by Crippen LogP contribution is -1.93. The van der Waals surface area contributed by atoms with E-state index in [9.17, 15) is 4.79 Å². The predicted octanol–water partition coefficient (Wildman–Crippen LogP) is 1.99. The van der Waals surface area contributed by atoms with Crippen molar-refractivity contribution in [3.8, 4) is 5.75 Å². The van der Waals surface area contributed by atoms with E-state index >= 15 is 0 Å². The van der Waals surface area contributed by atoms with Gasteiger partial charge in [0, 0.05) is 12.0 Å². The Labute approximate surface area is 76.8 Å². The molecule has 0 aliphatic heterocycles. The smallest absolute Gasteiger partial charge is 0.189 e. The molecule has 1 aromatic rings. The SMILES string of the molecule is C=C1Cc2cc(OC)ccc2C1=O. The van der Waals surface area contributed by atoms with Crippen molar-refractivity contribution in [3.05, 3.63) is 41.5 Å². The molecule has 1 aromatic carbocycles. The van der Waals surface area contributed by atoms with E-state index < -0.39 is 0 Å². The number of methoxy groups -OCH3 is 1. The maximum absolute atomic E-state index is 11.5. The lowest BCUT2D eigenvalue weighted by Gasteiger charge is -2.01. The molecule has 0 fully saturated rings. The first-order chi connectivity index (χ1) is 6.22. The van der Waals surface area contributed by atoms with Crippen LogP contribution in [0.4, 0.5) is 0 Å². The lowest BCUT2D eigenvalue weighted by atomic mass is 10.1. The number of hydrogen-bond acceptors (Lipinski definition) is 2. The van der Waals surface area contributed by atoms with E-state index in [0.29, 0.717) is 12.0 Å². The molecule has 0 atom stereocenters. The molecule has 1 aliphatic carbocycles. The fourth-order valence-electron chi connectivity index (χ4n) is 1.57. The Morgan fingerprint density at radius 2 is 2.23 bits per heavy atom. The van der Waals surface area contributed by atoms with Crippen LogP contribution in [0.3, 0.4) is 0 Å². The number of rotatable bonds is 1. The van der Waals surface area contributed by atoms with Gasteiger partial charge in [0.1, 0.15) is 5.75 Å². The van der Waals surface area contributed by atoms with E-state index in [1.165, 1.54) is 0 Å². The summed E-state index contributed by atoms with van der Waals surface area (Å²) in [6, 6.07) is 5.50. The zero-order valence-electron chi connectivity index (χ0n) is 7.46. The topological polar surface area (TPSA) is 26.3 Å². The predicted molar refractivity (Wildman–Crippen MR) is 50.2 cm³/mol. The molecule has 0 saturated carbocycles. The molecule has 2 nitrogen and oxygen atoms in total. The second-order valence-corrected chi connectivity index (χ2v) is 3.13. The second-order valence-electron chi connectivity index (χ2n) is 3.13. The first-order valence-electron chi connectivity index (χ1n) is 4.12. The minimum Gasteiger partial charge on any atom is -0.497 e. The summed E-state index contributed by atoms with van der Waals surface area (Å²) in [4.78, 5) is 11.5. The third kappa shape index (κ3) is 1.15. The third-order valence-electron chi connectivity index (χ3n) is 2.28. The Morgan fingerprint density at radius 3 is 2.92 bits per heavy atom. The molecule has 0 heterocycles. The van der Waals surface area contributed by atoms with Gasteiger partial charge in [-0.25, -0.2) is 0 Å². The number of ether oxygens (including phenoxy) is 1. The summed E-state index contributed by atoms with van der Waals surface area (Å²) in [5.74, 6) is 0.860. The Morgan fingerprint density at radius 1 is 1.46 bits per heavy atom. The van der Waals surface area contributed by atoms with Gasteiger partial charge in [-0.1, -0.05) is 6.58 Å². The van der Waals surface area contributed by atoms with Crippen molar-refractivity contribution in [3.63, 3.8) is 0 Å². The molecular formula is C11H10O2. The average Bonchev–Trinajstić information content (AvgIpc) is 2.42. The molecule has 0 amide bonds. The monoisotopic (exact) mass is 174 g/mol. The van der Waals surface area contributed by atoms with Crippen molar-refractivity contribution in [1.29, 1.82) is 0 Å². The molecule has 0 unspecified atom stereocenters. The zero-order chi connectivity index (χ0) is 9.42. The molecule has 0 spiro atoms. The quantitative estimate of drug-likeness (QED) is 0.608. The van der Waals surface area contributed by atoms with Crippen molar-refractivity contribution < 1.29 is 9.53 Å². The number of hydrogen-bond donors (Lipinski definition) is 0. The van der Waals surface area contributed by atoms with E-state index in [0.717, 1.165) is 16.9 Å². The van der Waals surface area contributed by atoms with Crippen LogP contribution in [0.2, 0.25) is 0 Å². The minimum absolute atomic E-state index is 0.0673. The van der Waals surface area contributed by atoms with Gasteiger partial charge in [0.15, 0.2) is 5.78 Å². The van der Waals surface area contributed by atoms with Crippen molar-refractivity contribution in [2.24, 2.45) is 0 Å². The standard InChI is InChI=1S/C11H10O2/c1-7-5-8-6-9(13-2)3-4-10(8)11(7)12/h3-4,6H,1,5H2,2H3. The Kier molecular flexibility index (Phi) is 1.69. The molecule has 2 heteroatoms. The Balaban J connectivity index is 2.52. The Hall–Kier alpha value is -1.57. The summed E-state index contributed by atoms with van der Waals surface area (Å²) < 4.78 is 5.07. The summed E-state index contributed by atoms with van der Waals surface area (Å²) in [6.45, 7) is 3.72. The van der Waals surface area contributed by atoms with Gasteiger partial charge in [0.05, 0.1) is 7.11 Å². The van der Waals surface area contributed by atoms with Crippen molar-refractivity contribution in [2.45, 2.75) is 6.42 Å². The number of ketones is 1. The fraction of sp³-hybridized carbons (Fsp3) is 0.182. The van der Waals surface area contributed by atoms with E-state index in [-0.39, 0.29) is 5.78 Å². The normalized spacial score (nSPS) is 14.5. The maximum atomic E-state index is 11.5. The van der Waals surface area contributed by atoms with Gasteiger partial charge in [-0.05, 0) is 29.3 Å². The van der Waals surface area contributed by atoms with Crippen LogP contribution in [0.25, 0.3) is 0 Å². The highest BCUT2D eigenvalue weighted by Gasteiger charge is 2.22. The molecule has 0 aromatic heterocycles. The van der Waals surface area contributed by atoms with Gasteiger partial charge < -0.3 is 4.74 Å². The van der Waals surface area contributed by atoms with E-state index in [1.807, 2.05) is 6.07 Å². The number of Topliss-reactive ketones (excluding diaryl/α,β-unsaturated/α-hetero) is 1. The highest BCUT2D eigenvalue weighted by molar-refractivity contribution is 6.12. The van der Waals surface area contributed by atoms with Gasteiger partial charge in [-0.2, -0.15) is 0 Å². The minimum atomic E-state index is 0.0673. The van der Waals surface area contributed by atoms with Gasteiger partial charge in [-0.3, -0.25) is 4.79 Å². The number of allylic oxidation sites excluding steroid dienone is 1. The molecule has 0 radical (unpaired) electrons. The largest absolute Gasteiger partial charge is 0.497 e. The van der Waals surface area contributed by atoms with Crippen LogP contribution in [0, 0.1) is 0 Å². The van der Waals surface area contributed by atoms with Crippen LogP contribution in [0.5, 0.6) is 5.75 Å². The summed E-state index contributed by atoms with van der Waals surface area (Å²) in [5.41, 5.74) is 2.46. The van der Waals surface area contributed by atoms with Gasteiger partial charge >= 0.3 is 0 Å². The number of fused-ring (bicyclic) bond motifs is 1. The Bertz CT molecular complexity index is 391. The van der Waals surface area contributed by atoms with E-state index in [2.05, 4.69) is 6.58 Å². The van der Waals surface area contributed by atoms with Gasteiger partial charge in [0.25, 0.3) is 0 Å². The summed E-state index contributed by atoms with van der Waals surface area (Å²) in [6.07, 6.45) is 0.658. The van der Waals surface area contributed by atoms with Gasteiger partial charge in [-0.15, -0.1) is 0 Å². The summed E-state index contributed by atoms with van der Waals surface area (Å²) in [5, 5.41) is 0. The van der Waals surface area contributed by atoms with E-state index in [4.69, 9.17) is 4.74 Å². The molecule has 0 N–H and O–H groups in total. The van der Waals surface area contributed by atoms with Crippen LogP contribution in [-0.2, 0) is 6.42 Å². The van der Waals surface area contributed by atoms with Crippen LogP contribution < -0.4 is 4.74 Å². The average molecular weight is 174 g/mol. The van der Waals surface area contributed by atoms with Crippen LogP contribution in [0.1, 0.15) is 15.9 Å². The zero-order valence-corrected chi connectivity index (χ0v) is 7.46. The second kappa shape index (κ2) is 2.73. The molecule has 1 aliphatic rings. The molecule has 0 saturated heterocycles. The third-order valence-corrected chi connectivity index (χ3v) is 2.28. The molecule has 2 rings (SSSR count). The first-order valence-corrected chi connectivity index (χ1v) is 4.12. The van der Waals surface area contributed by atoms with Crippen molar-refractivity contribution in [2.75, 3.05) is 7.11 Å². The number of carbonyl (C=O) groups is 1. The van der Waals surface area contributed by atoms with Crippen LogP contribution in [-0.4, -0.2) is 12.9 Å². The number of carbonyl (C=O) groups excluding carboxylic acids is 1. The highest BCUT2D eigenvalue weighted by Crippen LogP contribution is 2.28. The highest BCUT2D eigenvalue weighted by atomic mass is 16.5. The molecule has 66 valence electrons. The maximum Gasteiger partial charge on any atom is 0.189 e. The van der Waals surface area contributed by atoms with Gasteiger partial charge in [0.2, 0.25) is 0 Å². The number of benzene rings is 1. The van der Waals surface area contributed by atoms with E-state index in [1.54, 1.807) is 19.2 Å². The fourth-order valence-corrected chi connectivity index (χ4v) is 1.57. The summed E-state index contributed by atoms with van der Waals surface area (Å²) >= 11 is 0. The summed E-state index contributed by atoms with van der Waals surface area (Å²) in [7, 11) is 1.62. The van der Waals surface area contributed by atoms with Crippen molar-refractivity contribution >= 4 is 5.78 Å². The van der Waals surface area contributed by atoms with Crippen LogP contribution >= 0.6 is 0 Å². The molecule has 13 heavy (non-hydrogen) atoms. The molecular weight excluding hydrogens is 164 g/mol. The molecule has 0 bridgehead atoms.